The fourth-order valence-corrected chi connectivity index (χ4v) is 7.30. The van der Waals surface area contributed by atoms with E-state index in [1.165, 1.54) is 23.5 Å². The van der Waals surface area contributed by atoms with Crippen LogP contribution in [0.2, 0.25) is 0 Å². The van der Waals surface area contributed by atoms with Crippen LogP contribution in [0.1, 0.15) is 102 Å². The lowest BCUT2D eigenvalue weighted by molar-refractivity contribution is -0.145. The first-order chi connectivity index (χ1) is 22.3. The van der Waals surface area contributed by atoms with Crippen LogP contribution in [0.3, 0.4) is 0 Å². The number of hydrogen-bond donors (Lipinski definition) is 4. The van der Waals surface area contributed by atoms with Crippen molar-refractivity contribution in [3.8, 4) is 0 Å². The lowest BCUT2D eigenvalue weighted by Crippen LogP contribution is -2.62. The molecule has 47 heavy (non-hydrogen) atoms. The van der Waals surface area contributed by atoms with Gasteiger partial charge in [-0.3, -0.25) is 33.8 Å². The number of hydrogen-bond acceptors (Lipinski definition) is 8. The summed E-state index contributed by atoms with van der Waals surface area (Å²) in [7, 11) is 0. The number of nitrogens with one attached hydrogen (secondary N) is 4. The molecule has 0 bridgehead atoms. The van der Waals surface area contributed by atoms with Gasteiger partial charge in [0.05, 0.1) is 12.2 Å². The standard InChI is InChI=1S/C33H48IN7O6/c1-5-9-22(26(42)31(46)37-20-12-13-20)38-30(45)25-21(34)14-17-41(25)32(47)27(33(2,3)4)40-29(44)24(19-10-7-6-8-11-19)39-28(43)23-18-35-15-16-36-23/h15-16,18-22,24-25,27H,5-14,17H2,1-4H3,(H,37,46)(H,38,45)(H,39,43)(H,40,44)/t21-,22?,24-,25-,27+/m0/s1. The van der Waals surface area contributed by atoms with E-state index in [0.29, 0.717) is 19.3 Å². The molecule has 0 radical (unpaired) electrons. The van der Waals surface area contributed by atoms with E-state index in [4.69, 9.17) is 0 Å². The van der Waals surface area contributed by atoms with Crippen molar-refractivity contribution in [2.45, 2.75) is 126 Å². The van der Waals surface area contributed by atoms with Crippen molar-refractivity contribution in [2.24, 2.45) is 11.3 Å². The Bertz CT molecular complexity index is 1310. The Morgan fingerprint density at radius 3 is 2.26 bits per heavy atom. The Morgan fingerprint density at radius 2 is 1.66 bits per heavy atom. The van der Waals surface area contributed by atoms with Gasteiger partial charge < -0.3 is 26.2 Å². The lowest BCUT2D eigenvalue weighted by Gasteiger charge is -2.38. The van der Waals surface area contributed by atoms with E-state index >= 15 is 0 Å². The van der Waals surface area contributed by atoms with E-state index < -0.39 is 64.9 Å². The van der Waals surface area contributed by atoms with E-state index in [1.54, 1.807) is 0 Å². The zero-order valence-electron chi connectivity index (χ0n) is 27.7. The van der Waals surface area contributed by atoms with Crippen LogP contribution in [0.4, 0.5) is 0 Å². The number of alkyl halides is 1. The summed E-state index contributed by atoms with van der Waals surface area (Å²) in [5, 5.41) is 11.3. The molecule has 3 fully saturated rings. The number of Topliss-reactive ketones (excluding diaryl/α,β-unsaturated/α-hetero) is 1. The molecular formula is C33H48IN7O6. The number of ketones is 1. The van der Waals surface area contributed by atoms with Gasteiger partial charge in [-0.1, -0.05) is 76.0 Å². The van der Waals surface area contributed by atoms with Crippen molar-refractivity contribution in [1.82, 2.24) is 36.1 Å². The monoisotopic (exact) mass is 765 g/mol. The summed E-state index contributed by atoms with van der Waals surface area (Å²) in [6, 6.07) is -3.79. The Morgan fingerprint density at radius 1 is 0.957 bits per heavy atom. The lowest BCUT2D eigenvalue weighted by atomic mass is 9.82. The summed E-state index contributed by atoms with van der Waals surface area (Å²) in [6.45, 7) is 7.67. The van der Waals surface area contributed by atoms with Crippen LogP contribution in [0.5, 0.6) is 0 Å². The molecule has 4 rings (SSSR count). The maximum atomic E-state index is 14.3. The maximum absolute atomic E-state index is 14.3. The minimum atomic E-state index is -1.01. The third kappa shape index (κ3) is 9.69. The third-order valence-corrected chi connectivity index (χ3v) is 10.4. The average Bonchev–Trinajstić information content (AvgIpc) is 3.78. The second-order valence-corrected chi connectivity index (χ2v) is 15.6. The van der Waals surface area contributed by atoms with E-state index in [9.17, 15) is 28.8 Å². The van der Waals surface area contributed by atoms with Gasteiger partial charge in [0.25, 0.3) is 11.8 Å². The van der Waals surface area contributed by atoms with Gasteiger partial charge in [-0.15, -0.1) is 0 Å². The summed E-state index contributed by atoms with van der Waals surface area (Å²) in [6.07, 6.45) is 11.7. The molecule has 1 unspecified atom stereocenters. The highest BCUT2D eigenvalue weighted by atomic mass is 127. The molecule has 5 amide bonds. The number of rotatable bonds is 13. The highest BCUT2D eigenvalue weighted by Gasteiger charge is 2.47. The molecule has 2 aliphatic carbocycles. The van der Waals surface area contributed by atoms with Gasteiger partial charge in [0.1, 0.15) is 23.8 Å². The molecule has 258 valence electrons. The molecule has 4 N–H and O–H groups in total. The van der Waals surface area contributed by atoms with E-state index in [1.807, 2.05) is 27.7 Å². The zero-order valence-corrected chi connectivity index (χ0v) is 29.9. The summed E-state index contributed by atoms with van der Waals surface area (Å²) in [5.41, 5.74) is -0.654. The molecule has 1 aromatic rings. The number of carbonyl (C=O) groups is 6. The quantitative estimate of drug-likeness (QED) is 0.134. The SMILES string of the molecule is CCCC(NC(=O)[C@@H]1[C@@H](I)CCN1C(=O)[C@@H](NC(=O)[C@@H](NC(=O)c1cnccn1)C1CCCCC1)C(C)(C)C)C(=O)C(=O)NC1CC1. The van der Waals surface area contributed by atoms with Crippen molar-refractivity contribution in [3.05, 3.63) is 24.3 Å². The first-order valence-electron chi connectivity index (χ1n) is 16.8. The summed E-state index contributed by atoms with van der Waals surface area (Å²) >= 11 is 2.14. The van der Waals surface area contributed by atoms with Crippen LogP contribution < -0.4 is 21.3 Å². The van der Waals surface area contributed by atoms with Gasteiger partial charge in [0, 0.05) is 28.9 Å². The van der Waals surface area contributed by atoms with Crippen molar-refractivity contribution in [1.29, 1.82) is 0 Å². The number of amides is 5. The molecule has 13 nitrogen and oxygen atoms in total. The normalized spacial score (nSPS) is 22.0. The number of aromatic nitrogens is 2. The molecule has 3 aliphatic rings. The fourth-order valence-electron chi connectivity index (χ4n) is 6.31. The summed E-state index contributed by atoms with van der Waals surface area (Å²) in [4.78, 5) is 90.2. The van der Waals surface area contributed by atoms with Crippen molar-refractivity contribution in [2.75, 3.05) is 6.54 Å². The molecule has 14 heteroatoms. The minimum absolute atomic E-state index is 0.00804. The molecule has 0 aromatic carbocycles. The minimum Gasteiger partial charge on any atom is -0.347 e. The predicted molar refractivity (Wildman–Crippen MR) is 182 cm³/mol. The molecule has 2 saturated carbocycles. The Hall–Kier alpha value is -3.17. The van der Waals surface area contributed by atoms with Gasteiger partial charge in [-0.05, 0) is 49.9 Å². The van der Waals surface area contributed by atoms with Crippen LogP contribution in [-0.4, -0.2) is 90.9 Å². The molecule has 1 saturated heterocycles. The van der Waals surface area contributed by atoms with Crippen molar-refractivity contribution < 1.29 is 28.8 Å². The van der Waals surface area contributed by atoms with Gasteiger partial charge in [-0.2, -0.15) is 0 Å². The molecule has 5 atom stereocenters. The highest BCUT2D eigenvalue weighted by molar-refractivity contribution is 14.1. The predicted octanol–water partition coefficient (Wildman–Crippen LogP) is 2.22. The Kier molecular flexibility index (Phi) is 12.7. The number of likely N-dealkylation sites (tertiary alicyclic amines) is 1. The fraction of sp³-hybridized carbons (Fsp3) is 0.697. The van der Waals surface area contributed by atoms with Gasteiger partial charge in [0.2, 0.25) is 23.5 Å². The molecule has 2 heterocycles. The maximum Gasteiger partial charge on any atom is 0.289 e. The van der Waals surface area contributed by atoms with Crippen LogP contribution in [0.25, 0.3) is 0 Å². The van der Waals surface area contributed by atoms with Gasteiger partial charge in [-0.25, -0.2) is 4.98 Å². The molecule has 1 aliphatic heterocycles. The Balaban J connectivity index is 1.51. The second-order valence-electron chi connectivity index (χ2n) is 14.0. The van der Waals surface area contributed by atoms with Gasteiger partial charge in [0.15, 0.2) is 0 Å². The molecule has 1 aromatic heterocycles. The number of carbonyl (C=O) groups excluding carboxylic acids is 6. The topological polar surface area (TPSA) is 180 Å². The smallest absolute Gasteiger partial charge is 0.289 e. The first kappa shape index (κ1) is 36.7. The first-order valence-corrected chi connectivity index (χ1v) is 18.0. The summed E-state index contributed by atoms with van der Waals surface area (Å²) < 4.78 is -0.244. The van der Waals surface area contributed by atoms with Crippen molar-refractivity contribution in [3.63, 3.8) is 0 Å². The van der Waals surface area contributed by atoms with E-state index in [0.717, 1.165) is 44.9 Å². The zero-order chi connectivity index (χ0) is 34.3. The van der Waals surface area contributed by atoms with Crippen LogP contribution >= 0.6 is 22.6 Å². The van der Waals surface area contributed by atoms with E-state index in [2.05, 4.69) is 53.8 Å². The number of nitrogens with zero attached hydrogens (tertiary/aromatic N) is 3. The highest BCUT2D eigenvalue weighted by Crippen LogP contribution is 2.31. The molecule has 0 spiro atoms. The van der Waals surface area contributed by atoms with Crippen LogP contribution in [-0.2, 0) is 24.0 Å². The van der Waals surface area contributed by atoms with Crippen molar-refractivity contribution >= 4 is 57.9 Å². The van der Waals surface area contributed by atoms with Gasteiger partial charge >= 0.3 is 0 Å². The largest absolute Gasteiger partial charge is 0.347 e. The Labute approximate surface area is 290 Å². The molecular weight excluding hydrogens is 717 g/mol. The third-order valence-electron chi connectivity index (χ3n) is 9.11. The van der Waals surface area contributed by atoms with E-state index in [-0.39, 0.29) is 28.1 Å². The average molecular weight is 766 g/mol. The van der Waals surface area contributed by atoms with Crippen LogP contribution in [0.15, 0.2) is 18.6 Å². The van der Waals surface area contributed by atoms with Crippen LogP contribution in [0, 0.1) is 11.3 Å². The number of halogens is 1. The second kappa shape index (κ2) is 16.3. The summed E-state index contributed by atoms with van der Waals surface area (Å²) in [5.74, 6) is -3.42.